The van der Waals surface area contributed by atoms with Crippen LogP contribution in [0.3, 0.4) is 0 Å². The molecule has 0 aromatic heterocycles. The third kappa shape index (κ3) is 6.74. The number of fused-ring (bicyclic) bond motifs is 1. The number of ether oxygens (including phenoxy) is 6. The van der Waals surface area contributed by atoms with Gasteiger partial charge in [0.1, 0.15) is 65.5 Å². The molecule has 0 saturated carbocycles. The lowest BCUT2D eigenvalue weighted by atomic mass is 9.92. The van der Waals surface area contributed by atoms with Crippen molar-refractivity contribution in [3.8, 4) is 28.7 Å². The first-order valence-corrected chi connectivity index (χ1v) is 14.6. The highest BCUT2D eigenvalue weighted by molar-refractivity contribution is 6.07. The maximum atomic E-state index is 11.6. The molecule has 0 spiro atoms. The standard InChI is InChI=1S/C36H35NO8/c1-39-25-12-14-26(15-13-25)43-32-19-18-30(23-8-5-4-6-9-23)44-33(32)22-42-37-34-29-21-28(41-3)16-17-31(29)45-36(35(34)38)24-10-7-11-27(20-24)40-2/h4-21,30,32-33,35-36,38H,22H2,1-3H3/t30-,32-,33-,35-,36+/m0/s1. The summed E-state index contributed by atoms with van der Waals surface area (Å²) in [7, 11) is 4.79. The van der Waals surface area contributed by atoms with Crippen LogP contribution in [-0.2, 0) is 9.57 Å². The Bertz CT molecular complexity index is 1640. The van der Waals surface area contributed by atoms with E-state index in [1.165, 1.54) is 0 Å². The van der Waals surface area contributed by atoms with Crippen LogP contribution in [0.5, 0.6) is 28.7 Å². The zero-order chi connectivity index (χ0) is 31.2. The van der Waals surface area contributed by atoms with Gasteiger partial charge in [-0.3, -0.25) is 0 Å². The summed E-state index contributed by atoms with van der Waals surface area (Å²) in [6.07, 6.45) is 0.791. The minimum atomic E-state index is -1.15. The Kier molecular flexibility index (Phi) is 9.19. The summed E-state index contributed by atoms with van der Waals surface area (Å²) < 4.78 is 35.2. The van der Waals surface area contributed by atoms with Gasteiger partial charge in [-0.1, -0.05) is 53.7 Å². The highest BCUT2D eigenvalue weighted by atomic mass is 16.6. The van der Waals surface area contributed by atoms with Crippen molar-refractivity contribution in [3.05, 3.63) is 126 Å². The predicted octanol–water partition coefficient (Wildman–Crippen LogP) is 6.07. The van der Waals surface area contributed by atoms with E-state index < -0.39 is 24.4 Å². The second-order valence-electron chi connectivity index (χ2n) is 10.5. The summed E-state index contributed by atoms with van der Waals surface area (Å²) in [5, 5.41) is 16.1. The van der Waals surface area contributed by atoms with Crippen molar-refractivity contribution in [2.45, 2.75) is 30.5 Å². The molecule has 0 bridgehead atoms. The Morgan fingerprint density at radius 3 is 2.16 bits per heavy atom. The SMILES string of the molecule is COc1ccc(O[C@H]2C=C[C@@H](c3ccccc3)O[C@H]2CON=C2c3cc(OC)ccc3O[C@H](c3cccc(OC)c3)[C@H]2O)cc1. The molecule has 9 heteroatoms. The van der Waals surface area contributed by atoms with Crippen molar-refractivity contribution in [1.82, 2.24) is 0 Å². The molecule has 0 radical (unpaired) electrons. The molecular weight excluding hydrogens is 574 g/mol. The molecule has 1 N–H and O–H groups in total. The molecule has 6 rings (SSSR count). The molecular formula is C36H35NO8. The zero-order valence-corrected chi connectivity index (χ0v) is 25.2. The molecule has 45 heavy (non-hydrogen) atoms. The summed E-state index contributed by atoms with van der Waals surface area (Å²) in [4.78, 5) is 5.98. The Morgan fingerprint density at radius 2 is 1.40 bits per heavy atom. The highest BCUT2D eigenvalue weighted by Crippen LogP contribution is 2.38. The van der Waals surface area contributed by atoms with Crippen LogP contribution in [0.2, 0.25) is 0 Å². The molecule has 0 unspecified atom stereocenters. The van der Waals surface area contributed by atoms with Gasteiger partial charge < -0.3 is 38.4 Å². The Morgan fingerprint density at radius 1 is 0.711 bits per heavy atom. The largest absolute Gasteiger partial charge is 0.497 e. The van der Waals surface area contributed by atoms with Gasteiger partial charge in [-0.15, -0.1) is 0 Å². The first kappa shape index (κ1) is 30.1. The van der Waals surface area contributed by atoms with Gasteiger partial charge in [-0.2, -0.15) is 0 Å². The smallest absolute Gasteiger partial charge is 0.156 e. The molecule has 2 aliphatic rings. The maximum Gasteiger partial charge on any atom is 0.156 e. The minimum absolute atomic E-state index is 0.0503. The minimum Gasteiger partial charge on any atom is -0.497 e. The molecule has 232 valence electrons. The van der Waals surface area contributed by atoms with Gasteiger partial charge in [0.15, 0.2) is 6.10 Å². The Hall–Kier alpha value is -4.99. The van der Waals surface area contributed by atoms with Crippen LogP contribution in [-0.4, -0.2) is 57.1 Å². The lowest BCUT2D eigenvalue weighted by molar-refractivity contribution is -0.0882. The van der Waals surface area contributed by atoms with Gasteiger partial charge in [0, 0.05) is 5.56 Å². The summed E-state index contributed by atoms with van der Waals surface area (Å²) in [6, 6.07) is 30.0. The first-order valence-electron chi connectivity index (χ1n) is 14.6. The van der Waals surface area contributed by atoms with E-state index in [0.717, 1.165) is 16.9 Å². The number of nitrogens with zero attached hydrogens (tertiary/aromatic N) is 1. The molecule has 2 heterocycles. The fraction of sp³-hybridized carbons (Fsp3) is 0.250. The fourth-order valence-electron chi connectivity index (χ4n) is 5.33. The van der Waals surface area contributed by atoms with E-state index in [-0.39, 0.29) is 12.7 Å². The second-order valence-corrected chi connectivity index (χ2v) is 10.5. The summed E-state index contributed by atoms with van der Waals surface area (Å²) in [5.41, 5.74) is 2.62. The van der Waals surface area contributed by atoms with Crippen molar-refractivity contribution >= 4 is 5.71 Å². The number of oxime groups is 1. The maximum absolute atomic E-state index is 11.6. The fourth-order valence-corrected chi connectivity index (χ4v) is 5.33. The van der Waals surface area contributed by atoms with Gasteiger partial charge in [0.05, 0.1) is 21.3 Å². The van der Waals surface area contributed by atoms with Crippen molar-refractivity contribution in [2.24, 2.45) is 5.16 Å². The van der Waals surface area contributed by atoms with E-state index in [1.54, 1.807) is 39.5 Å². The Balaban J connectivity index is 1.27. The molecule has 0 amide bonds. The highest BCUT2D eigenvalue weighted by Gasteiger charge is 2.37. The Labute approximate surface area is 262 Å². The molecule has 4 aromatic rings. The molecule has 9 nitrogen and oxygen atoms in total. The lowest BCUT2D eigenvalue weighted by Crippen LogP contribution is -2.40. The van der Waals surface area contributed by atoms with Crippen molar-refractivity contribution in [3.63, 3.8) is 0 Å². The summed E-state index contributed by atoms with van der Waals surface area (Å²) in [6.45, 7) is 0.0503. The average molecular weight is 610 g/mol. The molecule has 0 fully saturated rings. The molecule has 0 saturated heterocycles. The second kappa shape index (κ2) is 13.8. The van der Waals surface area contributed by atoms with Crippen LogP contribution in [0.25, 0.3) is 0 Å². The van der Waals surface area contributed by atoms with Crippen LogP contribution in [0.4, 0.5) is 0 Å². The normalized spacial score (nSPS) is 23.0. The van der Waals surface area contributed by atoms with E-state index in [0.29, 0.717) is 34.3 Å². The average Bonchev–Trinajstić information content (AvgIpc) is 3.10. The van der Waals surface area contributed by atoms with Gasteiger partial charge in [0.2, 0.25) is 0 Å². The number of methoxy groups -OCH3 is 3. The van der Waals surface area contributed by atoms with Gasteiger partial charge >= 0.3 is 0 Å². The van der Waals surface area contributed by atoms with Crippen LogP contribution in [0, 0.1) is 0 Å². The first-order chi connectivity index (χ1) is 22.1. The number of hydrogen-bond donors (Lipinski definition) is 1. The summed E-state index contributed by atoms with van der Waals surface area (Å²) in [5.74, 6) is 3.17. The van der Waals surface area contributed by atoms with Crippen LogP contribution in [0.15, 0.2) is 114 Å². The molecule has 0 aliphatic carbocycles. The zero-order valence-electron chi connectivity index (χ0n) is 25.2. The number of rotatable bonds is 10. The number of hydrogen-bond acceptors (Lipinski definition) is 9. The van der Waals surface area contributed by atoms with Gasteiger partial charge in [-0.25, -0.2) is 0 Å². The third-order valence-corrected chi connectivity index (χ3v) is 7.73. The van der Waals surface area contributed by atoms with Crippen molar-refractivity contribution in [2.75, 3.05) is 27.9 Å². The molecule has 4 aromatic carbocycles. The van der Waals surface area contributed by atoms with Crippen molar-refractivity contribution < 1.29 is 38.4 Å². The van der Waals surface area contributed by atoms with E-state index in [1.807, 2.05) is 91.0 Å². The monoisotopic (exact) mass is 609 g/mol. The van der Waals surface area contributed by atoms with E-state index in [2.05, 4.69) is 5.16 Å². The van der Waals surface area contributed by atoms with Crippen LogP contribution >= 0.6 is 0 Å². The number of benzene rings is 4. The third-order valence-electron chi connectivity index (χ3n) is 7.73. The van der Waals surface area contributed by atoms with Crippen LogP contribution < -0.4 is 23.7 Å². The van der Waals surface area contributed by atoms with E-state index in [4.69, 9.17) is 33.3 Å². The predicted molar refractivity (Wildman–Crippen MR) is 168 cm³/mol. The van der Waals surface area contributed by atoms with Crippen molar-refractivity contribution in [1.29, 1.82) is 0 Å². The van der Waals surface area contributed by atoms with Gasteiger partial charge in [-0.05, 0) is 71.8 Å². The van der Waals surface area contributed by atoms with E-state index in [9.17, 15) is 5.11 Å². The van der Waals surface area contributed by atoms with Gasteiger partial charge in [0.25, 0.3) is 0 Å². The molecule has 5 atom stereocenters. The topological polar surface area (TPSA) is 97.2 Å². The van der Waals surface area contributed by atoms with E-state index >= 15 is 0 Å². The number of aliphatic hydroxyl groups excluding tert-OH is 1. The quantitative estimate of drug-likeness (QED) is 0.171. The lowest BCUT2D eigenvalue weighted by Gasteiger charge is -2.33. The molecule has 2 aliphatic heterocycles. The summed E-state index contributed by atoms with van der Waals surface area (Å²) >= 11 is 0. The van der Waals surface area contributed by atoms with Crippen LogP contribution in [0.1, 0.15) is 28.9 Å². The number of aliphatic hydroxyl groups is 1.